The Kier molecular flexibility index (Phi) is 6.70. The summed E-state index contributed by atoms with van der Waals surface area (Å²) in [6.07, 6.45) is 3.56. The average Bonchev–Trinajstić information content (AvgIpc) is 2.84. The predicted octanol–water partition coefficient (Wildman–Crippen LogP) is 4.43. The van der Waals surface area contributed by atoms with Crippen LogP contribution in [0.2, 0.25) is 5.02 Å². The molecular formula is C25H30ClN4O2+. The molecule has 4 rings (SSSR count). The smallest absolute Gasteiger partial charge is 0.329 e. The number of ether oxygens (including phenoxy) is 1. The van der Waals surface area contributed by atoms with E-state index in [0.717, 1.165) is 48.6 Å². The minimum absolute atomic E-state index is 0.140. The third kappa shape index (κ3) is 4.32. The summed E-state index contributed by atoms with van der Waals surface area (Å²) in [5.41, 5.74) is 3.81. The van der Waals surface area contributed by atoms with Crippen LogP contribution in [0.25, 0.3) is 16.9 Å². The zero-order valence-corrected chi connectivity index (χ0v) is 19.7. The topological polar surface area (TPSA) is 51.9 Å². The van der Waals surface area contributed by atoms with Gasteiger partial charge in [-0.3, -0.25) is 4.79 Å². The molecular weight excluding hydrogens is 424 g/mol. The van der Waals surface area contributed by atoms with Gasteiger partial charge < -0.3 is 14.5 Å². The Morgan fingerprint density at radius 2 is 1.78 bits per heavy atom. The monoisotopic (exact) mass is 453 g/mol. The lowest BCUT2D eigenvalue weighted by Gasteiger charge is -2.29. The third-order valence-electron chi connectivity index (χ3n) is 6.10. The van der Waals surface area contributed by atoms with Gasteiger partial charge in [0.05, 0.1) is 23.4 Å². The molecule has 32 heavy (non-hydrogen) atoms. The van der Waals surface area contributed by atoms with Gasteiger partial charge in [-0.25, -0.2) is 0 Å². The van der Waals surface area contributed by atoms with Crippen molar-refractivity contribution in [1.29, 1.82) is 0 Å². The van der Waals surface area contributed by atoms with Crippen molar-refractivity contribution in [2.75, 3.05) is 43.6 Å². The maximum atomic E-state index is 13.5. The van der Waals surface area contributed by atoms with Gasteiger partial charge in [0, 0.05) is 32.7 Å². The number of anilines is 2. The normalized spacial score (nSPS) is 13.8. The van der Waals surface area contributed by atoms with E-state index in [1.807, 2.05) is 67.4 Å². The molecule has 1 aliphatic rings. The number of halogens is 1. The van der Waals surface area contributed by atoms with E-state index in [4.69, 9.17) is 16.3 Å². The first kappa shape index (κ1) is 22.2. The van der Waals surface area contributed by atoms with E-state index in [9.17, 15) is 4.79 Å². The highest BCUT2D eigenvalue weighted by molar-refractivity contribution is 6.35. The fraction of sp³-hybridized carbons (Fsp3) is 0.360. The van der Waals surface area contributed by atoms with Crippen LogP contribution < -0.4 is 25.2 Å². The molecule has 3 aromatic rings. The van der Waals surface area contributed by atoms with Crippen molar-refractivity contribution < 1.29 is 9.84 Å². The summed E-state index contributed by atoms with van der Waals surface area (Å²) in [7, 11) is 3.56. The number of benzene rings is 2. The Labute approximate surface area is 194 Å². The van der Waals surface area contributed by atoms with Gasteiger partial charge in [0.25, 0.3) is 0 Å². The Morgan fingerprint density at radius 3 is 2.50 bits per heavy atom. The van der Waals surface area contributed by atoms with E-state index < -0.39 is 0 Å². The molecule has 0 radical (unpaired) electrons. The molecule has 6 nitrogen and oxygen atoms in total. The molecule has 0 aliphatic carbocycles. The summed E-state index contributed by atoms with van der Waals surface area (Å²) in [5.74, 6) is 0.754. The van der Waals surface area contributed by atoms with Gasteiger partial charge in [-0.05, 0) is 56.5 Å². The molecule has 0 spiro atoms. The van der Waals surface area contributed by atoms with Crippen LogP contribution in [0.1, 0.15) is 26.2 Å². The fourth-order valence-electron chi connectivity index (χ4n) is 4.13. The van der Waals surface area contributed by atoms with Crippen LogP contribution in [0.4, 0.5) is 11.4 Å². The quantitative estimate of drug-likeness (QED) is 0.554. The van der Waals surface area contributed by atoms with Gasteiger partial charge in [0.1, 0.15) is 17.1 Å². The lowest BCUT2D eigenvalue weighted by molar-refractivity contribution is -0.470. The Bertz CT molecular complexity index is 1150. The zero-order chi connectivity index (χ0) is 22.7. The van der Waals surface area contributed by atoms with Crippen molar-refractivity contribution in [2.24, 2.45) is 0 Å². The fourth-order valence-corrected chi connectivity index (χ4v) is 4.46. The number of nitrogens with one attached hydrogen (secondary N) is 1. The van der Waals surface area contributed by atoms with Crippen LogP contribution in [-0.4, -0.2) is 38.5 Å². The number of hydrogen-bond donors (Lipinski definition) is 0. The minimum Gasteiger partial charge on any atom is -0.497 e. The van der Waals surface area contributed by atoms with Crippen LogP contribution in [0, 0.1) is 0 Å². The second-order valence-electron chi connectivity index (χ2n) is 8.10. The number of piperidine rings is 1. The summed E-state index contributed by atoms with van der Waals surface area (Å²) in [5, 5.41) is 3.89. The van der Waals surface area contributed by atoms with Crippen molar-refractivity contribution in [2.45, 2.75) is 26.2 Å². The minimum atomic E-state index is -0.140. The van der Waals surface area contributed by atoms with Crippen molar-refractivity contribution in [3.05, 3.63) is 63.9 Å². The number of hydrogen-bond acceptors (Lipinski definition) is 4. The van der Waals surface area contributed by atoms with Crippen molar-refractivity contribution in [3.8, 4) is 22.7 Å². The van der Waals surface area contributed by atoms with E-state index in [1.165, 1.54) is 6.42 Å². The number of methoxy groups -OCH3 is 1. The van der Waals surface area contributed by atoms with Crippen molar-refractivity contribution >= 4 is 23.0 Å². The first-order valence-corrected chi connectivity index (χ1v) is 11.5. The summed E-state index contributed by atoms with van der Waals surface area (Å²) in [6.45, 7) is 4.69. The number of H-pyrrole nitrogens is 1. The predicted molar refractivity (Wildman–Crippen MR) is 131 cm³/mol. The highest BCUT2D eigenvalue weighted by Crippen LogP contribution is 2.33. The van der Waals surface area contributed by atoms with Crippen LogP contribution in [0.5, 0.6) is 5.75 Å². The van der Waals surface area contributed by atoms with Crippen LogP contribution in [0.15, 0.2) is 53.3 Å². The van der Waals surface area contributed by atoms with E-state index in [2.05, 4.69) is 10.00 Å². The largest absolute Gasteiger partial charge is 0.497 e. The molecule has 1 fully saturated rings. The number of rotatable bonds is 6. The van der Waals surface area contributed by atoms with Crippen molar-refractivity contribution in [3.63, 3.8) is 0 Å². The molecule has 0 unspecified atom stereocenters. The summed E-state index contributed by atoms with van der Waals surface area (Å²) >= 11 is 6.91. The Balaban J connectivity index is 1.89. The number of aromatic amines is 1. The van der Waals surface area contributed by atoms with Crippen LogP contribution in [0.3, 0.4) is 0 Å². The van der Waals surface area contributed by atoms with E-state index in [-0.39, 0.29) is 5.56 Å². The summed E-state index contributed by atoms with van der Waals surface area (Å²) in [6, 6.07) is 15.5. The third-order valence-corrected chi connectivity index (χ3v) is 6.48. The number of aromatic nitrogens is 2. The standard InChI is InChI=1S/C25H29ClN4O2/c1-4-28(2)23-17-20(18-10-8-11-19(16-18)32-3)27-30(25(23)31)22-13-9-12-21(24(22)26)29-14-6-5-7-15-29/h8-13,16-17H,4-7,14-15H2,1-3H3/p+1. The Hall–Kier alpha value is -2.99. The molecule has 0 amide bonds. The van der Waals surface area contributed by atoms with Crippen molar-refractivity contribution in [1.82, 2.24) is 4.68 Å². The molecule has 168 valence electrons. The average molecular weight is 454 g/mol. The lowest BCUT2D eigenvalue weighted by Crippen LogP contribution is -2.39. The second-order valence-corrected chi connectivity index (χ2v) is 8.48. The molecule has 0 bridgehead atoms. The molecule has 0 saturated carbocycles. The molecule has 1 aromatic heterocycles. The van der Waals surface area contributed by atoms with Crippen LogP contribution >= 0.6 is 11.6 Å². The number of nitrogens with zero attached hydrogens (tertiary/aromatic N) is 3. The van der Waals surface area contributed by atoms with Gasteiger partial charge in [-0.1, -0.05) is 28.4 Å². The van der Waals surface area contributed by atoms with Gasteiger partial charge >= 0.3 is 5.56 Å². The molecule has 0 atom stereocenters. The van der Waals surface area contributed by atoms with Gasteiger partial charge in [0.15, 0.2) is 0 Å². The summed E-state index contributed by atoms with van der Waals surface area (Å²) < 4.78 is 6.96. The first-order valence-electron chi connectivity index (χ1n) is 11.1. The summed E-state index contributed by atoms with van der Waals surface area (Å²) in [4.78, 5) is 17.8. The second kappa shape index (κ2) is 9.65. The van der Waals surface area contributed by atoms with Gasteiger partial charge in [0.2, 0.25) is 5.69 Å². The molecule has 1 saturated heterocycles. The Morgan fingerprint density at radius 1 is 1.06 bits per heavy atom. The lowest BCUT2D eigenvalue weighted by atomic mass is 10.1. The van der Waals surface area contributed by atoms with E-state index in [0.29, 0.717) is 22.9 Å². The highest BCUT2D eigenvalue weighted by atomic mass is 35.5. The molecule has 1 N–H and O–H groups in total. The maximum Gasteiger partial charge on any atom is 0.329 e. The SMILES string of the molecule is CCN(C)c1cc(-c2cccc(OC)c2)[nH+]n(-c2cccc(N3CCCCC3)c2Cl)c1=O. The van der Waals surface area contributed by atoms with Gasteiger partial charge in [-0.2, -0.15) is 0 Å². The molecule has 7 heteroatoms. The first-order chi connectivity index (χ1) is 15.5. The zero-order valence-electron chi connectivity index (χ0n) is 18.9. The highest BCUT2D eigenvalue weighted by Gasteiger charge is 2.23. The van der Waals surface area contributed by atoms with E-state index >= 15 is 0 Å². The molecule has 2 heterocycles. The van der Waals surface area contributed by atoms with E-state index in [1.54, 1.807) is 11.8 Å². The molecule has 1 aliphatic heterocycles. The van der Waals surface area contributed by atoms with Crippen LogP contribution in [-0.2, 0) is 0 Å². The maximum absolute atomic E-state index is 13.5. The molecule has 2 aromatic carbocycles. The van der Waals surface area contributed by atoms with Gasteiger partial charge in [-0.15, -0.1) is 5.10 Å².